The van der Waals surface area contributed by atoms with E-state index in [9.17, 15) is 9.59 Å². The molecule has 2 aromatic heterocycles. The zero-order chi connectivity index (χ0) is 26.5. The van der Waals surface area contributed by atoms with Gasteiger partial charge in [-0.15, -0.1) is 0 Å². The number of H-pyrrole nitrogens is 1. The number of hydrogen-bond acceptors (Lipinski definition) is 6. The molecule has 0 aliphatic heterocycles. The number of benzene rings is 3. The van der Waals surface area contributed by atoms with E-state index in [-0.39, 0.29) is 42.6 Å². The van der Waals surface area contributed by atoms with Crippen molar-refractivity contribution in [3.63, 3.8) is 0 Å². The van der Waals surface area contributed by atoms with Crippen LogP contribution in [0.3, 0.4) is 0 Å². The Morgan fingerprint density at radius 1 is 0.949 bits per heavy atom. The maximum atomic E-state index is 13.8. The predicted octanol–water partition coefficient (Wildman–Crippen LogP) is 2.30. The van der Waals surface area contributed by atoms with Crippen molar-refractivity contribution in [1.29, 1.82) is 0 Å². The van der Waals surface area contributed by atoms with E-state index in [1.54, 1.807) is 0 Å². The van der Waals surface area contributed by atoms with E-state index in [4.69, 9.17) is 14.2 Å². The number of rotatable bonds is 9. The first-order valence-corrected chi connectivity index (χ1v) is 12.6. The van der Waals surface area contributed by atoms with Crippen LogP contribution in [0.1, 0.15) is 38.0 Å². The molecular formula is C30H29N4NaO4. The first-order chi connectivity index (χ1) is 18.6. The van der Waals surface area contributed by atoms with Gasteiger partial charge in [0.25, 0.3) is 5.56 Å². The van der Waals surface area contributed by atoms with Crippen molar-refractivity contribution < 1.29 is 40.2 Å². The summed E-state index contributed by atoms with van der Waals surface area (Å²) in [4.78, 5) is 32.7. The van der Waals surface area contributed by atoms with E-state index in [0.29, 0.717) is 29.9 Å². The third-order valence-corrected chi connectivity index (χ3v) is 6.46. The molecule has 0 saturated heterocycles. The minimum atomic E-state index is -0.599. The zero-order valence-corrected chi connectivity index (χ0v) is 24.3. The molecule has 0 bridgehead atoms. The summed E-state index contributed by atoms with van der Waals surface area (Å²) in [5.74, 6) is -0.223. The maximum Gasteiger partial charge on any atom is 1.00 e. The van der Waals surface area contributed by atoms with Crippen molar-refractivity contribution >= 4 is 0 Å². The van der Waals surface area contributed by atoms with Crippen molar-refractivity contribution in [3.8, 4) is 34.2 Å². The fraction of sp³-hybridized carbons (Fsp3) is 0.200. The van der Waals surface area contributed by atoms with E-state index < -0.39 is 5.76 Å². The molecule has 0 aliphatic carbocycles. The van der Waals surface area contributed by atoms with Gasteiger partial charge in [0.15, 0.2) is 5.82 Å². The van der Waals surface area contributed by atoms with Gasteiger partial charge in [0.1, 0.15) is 0 Å². The summed E-state index contributed by atoms with van der Waals surface area (Å²) in [7, 11) is 1.54. The number of nitrogens with one attached hydrogen (secondary N) is 1. The van der Waals surface area contributed by atoms with E-state index in [2.05, 4.69) is 17.1 Å². The third kappa shape index (κ3) is 6.14. The van der Waals surface area contributed by atoms with Gasteiger partial charge in [0, 0.05) is 17.5 Å². The summed E-state index contributed by atoms with van der Waals surface area (Å²) in [6, 6.07) is 25.4. The first-order valence-electron chi connectivity index (χ1n) is 12.6. The van der Waals surface area contributed by atoms with Crippen LogP contribution in [0.2, 0.25) is 0 Å². The Balaban J connectivity index is 0.00000220. The number of nitrogens with zero attached hydrogens (tertiary/aromatic N) is 3. The monoisotopic (exact) mass is 532 g/mol. The Morgan fingerprint density at radius 2 is 1.64 bits per heavy atom. The number of aryl methyl sites for hydroxylation is 1. The Labute approximate surface area is 249 Å². The molecule has 0 unspecified atom stereocenters. The van der Waals surface area contributed by atoms with Crippen LogP contribution in [0.5, 0.6) is 6.01 Å². The van der Waals surface area contributed by atoms with Gasteiger partial charge in [-0.2, -0.15) is 0 Å². The Morgan fingerprint density at radius 3 is 2.28 bits per heavy atom. The topological polar surface area (TPSA) is 103 Å². The zero-order valence-electron chi connectivity index (χ0n) is 23.3. The van der Waals surface area contributed by atoms with Crippen molar-refractivity contribution in [1.82, 2.24) is 19.7 Å². The third-order valence-electron chi connectivity index (χ3n) is 6.46. The largest absolute Gasteiger partial charge is 1.00 e. The first kappa shape index (κ1) is 28.3. The molecular weight excluding hydrogens is 503 g/mol. The maximum absolute atomic E-state index is 13.8. The minimum absolute atomic E-state index is 0. The summed E-state index contributed by atoms with van der Waals surface area (Å²) < 4.78 is 11.8. The van der Waals surface area contributed by atoms with E-state index in [1.165, 1.54) is 11.7 Å². The van der Waals surface area contributed by atoms with Gasteiger partial charge in [-0.25, -0.2) is 14.3 Å². The minimum Gasteiger partial charge on any atom is -1.00 e. The molecule has 5 rings (SSSR count). The molecule has 194 valence electrons. The standard InChI is InChI=1S/C30H28N4O4.Na.H/c1-3-4-14-26-25(28(35)34(29(31-26)37-2)22-10-6-5-7-11-22)19-20-15-17-21(18-16-20)23-12-8-9-13-24(23)27-32-30(36)38-33-27;;/h5-13,15-18H,3-4,14,19H2,1-2H3,(H,32,33,36);;/q;+1;-1. The Hall–Kier alpha value is -3.72. The predicted molar refractivity (Wildman–Crippen MR) is 147 cm³/mol. The molecule has 0 amide bonds. The van der Waals surface area contributed by atoms with E-state index in [0.717, 1.165) is 40.8 Å². The number of aromatic nitrogens is 4. The van der Waals surface area contributed by atoms with Crippen LogP contribution in [-0.4, -0.2) is 26.8 Å². The molecule has 1 N–H and O–H groups in total. The number of methoxy groups -OCH3 is 1. The second-order valence-corrected chi connectivity index (χ2v) is 8.97. The van der Waals surface area contributed by atoms with Gasteiger partial charge in [-0.1, -0.05) is 85.2 Å². The van der Waals surface area contributed by atoms with E-state index in [1.807, 2.05) is 78.9 Å². The molecule has 0 atom stereocenters. The van der Waals surface area contributed by atoms with Gasteiger partial charge >= 0.3 is 41.3 Å². The van der Waals surface area contributed by atoms with E-state index >= 15 is 0 Å². The van der Waals surface area contributed by atoms with Gasteiger partial charge in [0.05, 0.1) is 18.5 Å². The fourth-order valence-corrected chi connectivity index (χ4v) is 4.54. The summed E-state index contributed by atoms with van der Waals surface area (Å²) >= 11 is 0. The molecule has 0 radical (unpaired) electrons. The van der Waals surface area contributed by atoms with Crippen LogP contribution in [0, 0.1) is 0 Å². The average Bonchev–Trinajstić information content (AvgIpc) is 3.40. The molecule has 0 saturated carbocycles. The summed E-state index contributed by atoms with van der Waals surface area (Å²) in [5, 5.41) is 3.84. The van der Waals surface area contributed by atoms with Gasteiger partial charge in [-0.3, -0.25) is 14.3 Å². The number of hydrogen-bond donors (Lipinski definition) is 1. The van der Waals surface area contributed by atoms with Crippen LogP contribution in [-0.2, 0) is 12.8 Å². The van der Waals surface area contributed by atoms with Gasteiger partial charge in [0.2, 0.25) is 0 Å². The number of aromatic amines is 1. The van der Waals surface area contributed by atoms with Gasteiger partial charge in [-0.05, 0) is 41.7 Å². The van der Waals surface area contributed by atoms with Crippen molar-refractivity contribution in [2.24, 2.45) is 0 Å². The normalized spacial score (nSPS) is 10.7. The van der Waals surface area contributed by atoms with Crippen LogP contribution in [0.4, 0.5) is 0 Å². The Kier molecular flexibility index (Phi) is 9.35. The number of para-hydroxylation sites is 1. The second kappa shape index (κ2) is 12.9. The summed E-state index contributed by atoms with van der Waals surface area (Å²) in [6.07, 6.45) is 3.07. The molecule has 3 aromatic carbocycles. The molecule has 0 aliphatic rings. The van der Waals surface area contributed by atoms with Crippen LogP contribution >= 0.6 is 0 Å². The van der Waals surface area contributed by atoms with Crippen molar-refractivity contribution in [2.75, 3.05) is 7.11 Å². The molecule has 39 heavy (non-hydrogen) atoms. The van der Waals surface area contributed by atoms with Crippen LogP contribution in [0.25, 0.3) is 28.2 Å². The molecule has 9 heteroatoms. The number of unbranched alkanes of at least 4 members (excludes halogenated alkanes) is 1. The quantitative estimate of drug-likeness (QED) is 0.292. The fourth-order valence-electron chi connectivity index (χ4n) is 4.54. The van der Waals surface area contributed by atoms with Crippen LogP contribution < -0.4 is 45.6 Å². The molecule has 0 spiro atoms. The van der Waals surface area contributed by atoms with Crippen molar-refractivity contribution in [2.45, 2.75) is 32.6 Å². The summed E-state index contributed by atoms with van der Waals surface area (Å²) in [5.41, 5.74) is 5.63. The molecule has 0 fully saturated rings. The molecule has 8 nitrogen and oxygen atoms in total. The second-order valence-electron chi connectivity index (χ2n) is 8.97. The molecule has 2 heterocycles. The Bertz CT molecular complexity index is 1660. The number of ether oxygens (including phenoxy) is 1. The van der Waals surface area contributed by atoms with Crippen molar-refractivity contribution in [3.05, 3.63) is 117 Å². The van der Waals surface area contributed by atoms with Crippen LogP contribution in [0.15, 0.2) is 93.0 Å². The average molecular weight is 533 g/mol. The molecule has 5 aromatic rings. The van der Waals surface area contributed by atoms with Gasteiger partial charge < -0.3 is 6.16 Å². The summed E-state index contributed by atoms with van der Waals surface area (Å²) in [6.45, 7) is 2.12. The SMILES string of the molecule is CCCCc1nc(OC)n(-c2ccccc2)c(=O)c1Cc1ccc(-c2ccccc2-c2noc(=O)[nH]2)cc1.[H-].[Na+]. The smallest absolute Gasteiger partial charge is 1.00 e.